The molecule has 124 valence electrons. The number of anilines is 2. The summed E-state index contributed by atoms with van der Waals surface area (Å²) in [7, 11) is 0. The van der Waals surface area contributed by atoms with Crippen LogP contribution in [0.2, 0.25) is 0 Å². The molecule has 2 N–H and O–H groups in total. The number of aromatic amines is 1. The van der Waals surface area contributed by atoms with E-state index >= 15 is 0 Å². The van der Waals surface area contributed by atoms with Crippen LogP contribution in [0.3, 0.4) is 0 Å². The minimum atomic E-state index is -0.503. The summed E-state index contributed by atoms with van der Waals surface area (Å²) in [6.45, 7) is -0.118. The molecule has 4 rings (SSSR count). The molecule has 0 fully saturated rings. The molecule has 0 unspecified atom stereocenters. The highest BCUT2D eigenvalue weighted by Gasteiger charge is 2.29. The fraction of sp³-hybridized carbons (Fsp3) is 0.0588. The van der Waals surface area contributed by atoms with Crippen molar-refractivity contribution in [3.63, 3.8) is 0 Å². The second kappa shape index (κ2) is 5.45. The number of nitrogens with one attached hydrogen (secondary N) is 2. The summed E-state index contributed by atoms with van der Waals surface area (Å²) in [5, 5.41) is 14.4. The highest BCUT2D eigenvalue weighted by molar-refractivity contribution is 6.15. The van der Waals surface area contributed by atoms with Gasteiger partial charge in [0.1, 0.15) is 17.8 Å². The molecule has 2 aromatic carbocycles. The standard InChI is InChI=1S/C17H12N4O4/c22-15-9-20(13-6-2-1-5-11(13)18-15)17(23)12-8-10-4-3-7-14(21(24)25)16(10)19-12/h1-8,19H,9H2,(H,18,22). The Morgan fingerprint density at radius 2 is 1.96 bits per heavy atom. The molecule has 0 saturated heterocycles. The van der Waals surface area contributed by atoms with Crippen molar-refractivity contribution in [1.82, 2.24) is 4.98 Å². The van der Waals surface area contributed by atoms with Crippen molar-refractivity contribution in [2.24, 2.45) is 0 Å². The monoisotopic (exact) mass is 336 g/mol. The molecule has 1 aromatic heterocycles. The first-order valence-electron chi connectivity index (χ1n) is 7.51. The van der Waals surface area contributed by atoms with E-state index in [2.05, 4.69) is 10.3 Å². The Hall–Kier alpha value is -3.68. The van der Waals surface area contributed by atoms with E-state index in [0.29, 0.717) is 16.8 Å². The molecule has 0 atom stereocenters. The van der Waals surface area contributed by atoms with Crippen molar-refractivity contribution in [1.29, 1.82) is 0 Å². The first-order valence-corrected chi connectivity index (χ1v) is 7.51. The number of rotatable bonds is 2. The SMILES string of the molecule is O=C1CN(C(=O)c2cc3cccc([N+](=O)[O-])c3[nH]2)c2ccccc2N1. The van der Waals surface area contributed by atoms with Gasteiger partial charge in [0.2, 0.25) is 5.91 Å². The molecule has 1 aliphatic heterocycles. The van der Waals surface area contributed by atoms with Crippen molar-refractivity contribution in [3.05, 3.63) is 64.3 Å². The van der Waals surface area contributed by atoms with Crippen molar-refractivity contribution >= 4 is 39.8 Å². The van der Waals surface area contributed by atoms with Gasteiger partial charge in [-0.1, -0.05) is 24.3 Å². The van der Waals surface area contributed by atoms with Crippen LogP contribution in [0.1, 0.15) is 10.5 Å². The van der Waals surface area contributed by atoms with Crippen molar-refractivity contribution in [2.45, 2.75) is 0 Å². The largest absolute Gasteiger partial charge is 0.345 e. The minimum Gasteiger partial charge on any atom is -0.345 e. The summed E-state index contributed by atoms with van der Waals surface area (Å²) in [5.41, 5.74) is 1.50. The summed E-state index contributed by atoms with van der Waals surface area (Å²) >= 11 is 0. The molecule has 0 radical (unpaired) electrons. The molecule has 0 bridgehead atoms. The number of amides is 2. The highest BCUT2D eigenvalue weighted by atomic mass is 16.6. The smallest absolute Gasteiger partial charge is 0.293 e. The maximum atomic E-state index is 12.9. The molecule has 3 aromatic rings. The molecule has 2 heterocycles. The van der Waals surface area contributed by atoms with Crippen LogP contribution in [0.25, 0.3) is 10.9 Å². The molecular weight excluding hydrogens is 324 g/mol. The fourth-order valence-corrected chi connectivity index (χ4v) is 2.97. The number of benzene rings is 2. The van der Waals surface area contributed by atoms with Gasteiger partial charge in [-0.3, -0.25) is 24.6 Å². The molecule has 2 amide bonds. The van der Waals surface area contributed by atoms with E-state index in [0.717, 1.165) is 0 Å². The van der Waals surface area contributed by atoms with E-state index < -0.39 is 10.8 Å². The molecule has 0 aliphatic carbocycles. The highest BCUT2D eigenvalue weighted by Crippen LogP contribution is 2.31. The van der Waals surface area contributed by atoms with E-state index in [1.807, 2.05) is 0 Å². The summed E-state index contributed by atoms with van der Waals surface area (Å²) in [5.74, 6) is -0.720. The Balaban J connectivity index is 1.79. The number of para-hydroxylation sites is 3. The lowest BCUT2D eigenvalue weighted by Crippen LogP contribution is -2.42. The van der Waals surface area contributed by atoms with Crippen LogP contribution in [0.4, 0.5) is 17.1 Å². The first kappa shape index (κ1) is 14.9. The van der Waals surface area contributed by atoms with Gasteiger partial charge >= 0.3 is 0 Å². The van der Waals surface area contributed by atoms with Crippen LogP contribution < -0.4 is 10.2 Å². The van der Waals surface area contributed by atoms with Crippen molar-refractivity contribution in [2.75, 3.05) is 16.8 Å². The number of nitro benzene ring substituents is 1. The molecular formula is C17H12N4O4. The number of H-pyrrole nitrogens is 1. The zero-order valence-corrected chi connectivity index (χ0v) is 12.9. The van der Waals surface area contributed by atoms with E-state index in [4.69, 9.17) is 0 Å². The zero-order chi connectivity index (χ0) is 17.6. The normalized spacial score (nSPS) is 13.4. The molecule has 0 saturated carbocycles. The van der Waals surface area contributed by atoms with Gasteiger partial charge in [-0.2, -0.15) is 0 Å². The lowest BCUT2D eigenvalue weighted by atomic mass is 10.1. The summed E-state index contributed by atoms with van der Waals surface area (Å²) in [6, 6.07) is 13.2. The average molecular weight is 336 g/mol. The molecule has 8 nitrogen and oxygen atoms in total. The maximum Gasteiger partial charge on any atom is 0.293 e. The Bertz CT molecular complexity index is 1040. The van der Waals surface area contributed by atoms with Gasteiger partial charge in [0.25, 0.3) is 11.6 Å². The van der Waals surface area contributed by atoms with Crippen LogP contribution in [-0.2, 0) is 4.79 Å². The summed E-state index contributed by atoms with van der Waals surface area (Å²) in [4.78, 5) is 39.6. The predicted molar refractivity (Wildman–Crippen MR) is 91.7 cm³/mol. The number of aromatic nitrogens is 1. The second-order valence-electron chi connectivity index (χ2n) is 5.64. The van der Waals surface area contributed by atoms with Gasteiger partial charge in [0.15, 0.2) is 0 Å². The predicted octanol–water partition coefficient (Wildman–Crippen LogP) is 2.68. The van der Waals surface area contributed by atoms with Gasteiger partial charge in [0, 0.05) is 11.5 Å². The van der Waals surface area contributed by atoms with Crippen molar-refractivity contribution in [3.8, 4) is 0 Å². The third-order valence-corrected chi connectivity index (χ3v) is 4.08. The van der Waals surface area contributed by atoms with Crippen LogP contribution in [0, 0.1) is 10.1 Å². The van der Waals surface area contributed by atoms with Gasteiger partial charge < -0.3 is 10.3 Å². The molecule has 1 aliphatic rings. The van der Waals surface area contributed by atoms with E-state index in [9.17, 15) is 19.7 Å². The van der Waals surface area contributed by atoms with Gasteiger partial charge in [-0.05, 0) is 18.2 Å². The number of carbonyl (C=O) groups excluding carboxylic acids is 2. The zero-order valence-electron chi connectivity index (χ0n) is 12.9. The van der Waals surface area contributed by atoms with Gasteiger partial charge in [-0.15, -0.1) is 0 Å². The third kappa shape index (κ3) is 2.40. The molecule has 25 heavy (non-hydrogen) atoms. The lowest BCUT2D eigenvalue weighted by Gasteiger charge is -2.28. The first-order chi connectivity index (χ1) is 12.0. The van der Waals surface area contributed by atoms with E-state index in [1.54, 1.807) is 42.5 Å². The summed E-state index contributed by atoms with van der Waals surface area (Å²) in [6.07, 6.45) is 0. The Kier molecular flexibility index (Phi) is 3.24. The van der Waals surface area contributed by atoms with Crippen LogP contribution in [0.5, 0.6) is 0 Å². The number of non-ortho nitro benzene ring substituents is 1. The van der Waals surface area contributed by atoms with Crippen molar-refractivity contribution < 1.29 is 14.5 Å². The number of fused-ring (bicyclic) bond motifs is 2. The van der Waals surface area contributed by atoms with Crippen LogP contribution >= 0.6 is 0 Å². The minimum absolute atomic E-state index is 0.103. The summed E-state index contributed by atoms with van der Waals surface area (Å²) < 4.78 is 0. The van der Waals surface area contributed by atoms with Gasteiger partial charge in [0.05, 0.1) is 16.3 Å². The number of hydrogen-bond donors (Lipinski definition) is 2. The Labute approximate surface area is 141 Å². The third-order valence-electron chi connectivity index (χ3n) is 4.08. The lowest BCUT2D eigenvalue weighted by molar-refractivity contribution is -0.383. The second-order valence-corrected chi connectivity index (χ2v) is 5.64. The fourth-order valence-electron chi connectivity index (χ4n) is 2.97. The van der Waals surface area contributed by atoms with E-state index in [1.165, 1.54) is 11.0 Å². The number of nitro groups is 1. The number of hydrogen-bond acceptors (Lipinski definition) is 4. The van der Waals surface area contributed by atoms with Crippen LogP contribution in [-0.4, -0.2) is 28.3 Å². The average Bonchev–Trinajstić information content (AvgIpc) is 3.04. The number of nitrogens with zero attached hydrogens (tertiary/aromatic N) is 2. The number of carbonyl (C=O) groups is 2. The molecule has 8 heteroatoms. The Morgan fingerprint density at radius 1 is 1.16 bits per heavy atom. The Morgan fingerprint density at radius 3 is 2.76 bits per heavy atom. The maximum absolute atomic E-state index is 12.9. The quantitative estimate of drug-likeness (QED) is 0.554. The van der Waals surface area contributed by atoms with Crippen LogP contribution in [0.15, 0.2) is 48.5 Å². The van der Waals surface area contributed by atoms with E-state index in [-0.39, 0.29) is 29.3 Å². The van der Waals surface area contributed by atoms with Gasteiger partial charge in [-0.25, -0.2) is 0 Å². The molecule has 0 spiro atoms. The topological polar surface area (TPSA) is 108 Å².